The van der Waals surface area contributed by atoms with Gasteiger partial charge in [0.2, 0.25) is 0 Å². The SMILES string of the molecule is CCN(C(=O)C(C)OC(=O)c1ccccc1OCc1ccccc1)C1CCS(=O)(=O)C1. The van der Waals surface area contributed by atoms with Gasteiger partial charge < -0.3 is 14.4 Å². The first-order valence-electron chi connectivity index (χ1n) is 10.3. The second kappa shape index (κ2) is 9.96. The first kappa shape index (κ1) is 22.8. The standard InChI is InChI=1S/C23H27NO6S/c1-3-24(19-13-14-31(27,28)16-19)22(25)17(2)30-23(26)20-11-7-8-12-21(20)29-15-18-9-5-4-6-10-18/h4-12,17,19H,3,13-16H2,1-2H3. The summed E-state index contributed by atoms with van der Waals surface area (Å²) in [5.41, 5.74) is 1.18. The van der Waals surface area contributed by atoms with E-state index in [1.165, 1.54) is 11.8 Å². The Morgan fingerprint density at radius 2 is 1.77 bits per heavy atom. The van der Waals surface area contributed by atoms with Crippen molar-refractivity contribution < 1.29 is 27.5 Å². The molecule has 3 rings (SSSR count). The van der Waals surface area contributed by atoms with Gasteiger partial charge in [-0.15, -0.1) is 0 Å². The maximum absolute atomic E-state index is 12.9. The van der Waals surface area contributed by atoms with Crippen molar-refractivity contribution in [3.63, 3.8) is 0 Å². The molecule has 0 spiro atoms. The van der Waals surface area contributed by atoms with Crippen LogP contribution in [0.5, 0.6) is 5.75 Å². The van der Waals surface area contributed by atoms with Gasteiger partial charge in [-0.1, -0.05) is 42.5 Å². The molecular weight excluding hydrogens is 418 g/mol. The molecular formula is C23H27NO6S. The van der Waals surface area contributed by atoms with Gasteiger partial charge in [-0.25, -0.2) is 13.2 Å². The Hall–Kier alpha value is -2.87. The van der Waals surface area contributed by atoms with E-state index < -0.39 is 27.8 Å². The normalized spacial score (nSPS) is 18.2. The van der Waals surface area contributed by atoms with E-state index in [0.29, 0.717) is 25.3 Å². The lowest BCUT2D eigenvalue weighted by atomic mass is 10.2. The van der Waals surface area contributed by atoms with Crippen LogP contribution in [0.2, 0.25) is 0 Å². The van der Waals surface area contributed by atoms with E-state index in [0.717, 1.165) is 5.56 Å². The summed E-state index contributed by atoms with van der Waals surface area (Å²) in [6, 6.07) is 15.9. The van der Waals surface area contributed by atoms with Gasteiger partial charge >= 0.3 is 5.97 Å². The minimum atomic E-state index is -3.13. The van der Waals surface area contributed by atoms with Crippen molar-refractivity contribution in [3.8, 4) is 5.75 Å². The molecule has 1 aliphatic rings. The molecule has 7 nitrogen and oxygen atoms in total. The fourth-order valence-corrected chi connectivity index (χ4v) is 5.35. The number of rotatable bonds is 8. The van der Waals surface area contributed by atoms with Crippen molar-refractivity contribution in [1.82, 2.24) is 4.90 Å². The van der Waals surface area contributed by atoms with Gasteiger partial charge in [0, 0.05) is 12.6 Å². The number of carbonyl (C=O) groups excluding carboxylic acids is 2. The molecule has 1 saturated heterocycles. The lowest BCUT2D eigenvalue weighted by Gasteiger charge is -2.29. The average Bonchev–Trinajstić information content (AvgIpc) is 3.12. The van der Waals surface area contributed by atoms with Crippen LogP contribution in [0.15, 0.2) is 54.6 Å². The topological polar surface area (TPSA) is 90.0 Å². The highest BCUT2D eigenvalue weighted by molar-refractivity contribution is 7.91. The number of ether oxygens (including phenoxy) is 2. The van der Waals surface area contributed by atoms with E-state index >= 15 is 0 Å². The van der Waals surface area contributed by atoms with Gasteiger partial charge in [0.05, 0.1) is 11.5 Å². The van der Waals surface area contributed by atoms with Gasteiger partial charge in [-0.05, 0) is 38.0 Å². The molecule has 2 aromatic carbocycles. The number of likely N-dealkylation sites (N-methyl/N-ethyl adjacent to an activating group) is 1. The van der Waals surface area contributed by atoms with Gasteiger partial charge in [0.25, 0.3) is 5.91 Å². The number of sulfone groups is 1. The molecule has 1 aliphatic heterocycles. The minimum Gasteiger partial charge on any atom is -0.488 e. The molecule has 0 saturated carbocycles. The summed E-state index contributed by atoms with van der Waals surface area (Å²) in [6.07, 6.45) is -0.642. The van der Waals surface area contributed by atoms with Gasteiger partial charge in [0.15, 0.2) is 15.9 Å². The van der Waals surface area contributed by atoms with E-state index in [2.05, 4.69) is 0 Å². The number of carbonyl (C=O) groups is 2. The van der Waals surface area contributed by atoms with Crippen LogP contribution in [0.4, 0.5) is 0 Å². The lowest BCUT2D eigenvalue weighted by molar-refractivity contribution is -0.141. The zero-order valence-electron chi connectivity index (χ0n) is 17.7. The number of para-hydroxylation sites is 1. The van der Waals surface area contributed by atoms with E-state index in [-0.39, 0.29) is 23.1 Å². The number of benzene rings is 2. The monoisotopic (exact) mass is 445 g/mol. The molecule has 2 unspecified atom stereocenters. The summed E-state index contributed by atoms with van der Waals surface area (Å²) >= 11 is 0. The highest BCUT2D eigenvalue weighted by Crippen LogP contribution is 2.22. The lowest BCUT2D eigenvalue weighted by Crippen LogP contribution is -2.46. The van der Waals surface area contributed by atoms with Crippen LogP contribution in [-0.2, 0) is 26.0 Å². The minimum absolute atomic E-state index is 0.0522. The van der Waals surface area contributed by atoms with E-state index in [1.807, 2.05) is 30.3 Å². The Balaban J connectivity index is 1.66. The van der Waals surface area contributed by atoms with Crippen molar-refractivity contribution in [2.45, 2.75) is 39.0 Å². The fraction of sp³-hybridized carbons (Fsp3) is 0.391. The molecule has 0 aliphatic carbocycles. The van der Waals surface area contributed by atoms with E-state index in [9.17, 15) is 18.0 Å². The summed E-state index contributed by atoms with van der Waals surface area (Å²) in [4.78, 5) is 27.1. The second-order valence-corrected chi connectivity index (χ2v) is 9.73. The zero-order valence-corrected chi connectivity index (χ0v) is 18.5. The van der Waals surface area contributed by atoms with Crippen LogP contribution in [-0.4, -0.2) is 55.4 Å². The molecule has 0 aromatic heterocycles. The van der Waals surface area contributed by atoms with Crippen LogP contribution in [0.25, 0.3) is 0 Å². The number of nitrogens with zero attached hydrogens (tertiary/aromatic N) is 1. The van der Waals surface area contributed by atoms with Crippen molar-refractivity contribution in [3.05, 3.63) is 65.7 Å². The maximum Gasteiger partial charge on any atom is 0.342 e. The van der Waals surface area contributed by atoms with Crippen LogP contribution < -0.4 is 4.74 Å². The van der Waals surface area contributed by atoms with Crippen molar-refractivity contribution >= 4 is 21.7 Å². The van der Waals surface area contributed by atoms with Crippen LogP contribution >= 0.6 is 0 Å². The molecule has 31 heavy (non-hydrogen) atoms. The third-order valence-electron chi connectivity index (χ3n) is 5.25. The van der Waals surface area contributed by atoms with Crippen LogP contribution in [0.1, 0.15) is 36.2 Å². The van der Waals surface area contributed by atoms with Crippen molar-refractivity contribution in [2.75, 3.05) is 18.1 Å². The molecule has 1 heterocycles. The predicted molar refractivity (Wildman–Crippen MR) is 117 cm³/mol. The van der Waals surface area contributed by atoms with Crippen molar-refractivity contribution in [1.29, 1.82) is 0 Å². The highest BCUT2D eigenvalue weighted by Gasteiger charge is 2.36. The molecule has 1 fully saturated rings. The molecule has 2 aromatic rings. The average molecular weight is 446 g/mol. The fourth-order valence-electron chi connectivity index (χ4n) is 3.62. The third-order valence-corrected chi connectivity index (χ3v) is 7.00. The Bertz CT molecular complexity index is 1020. The summed E-state index contributed by atoms with van der Waals surface area (Å²) in [6.45, 7) is 3.92. The van der Waals surface area contributed by atoms with Gasteiger partial charge in [-0.3, -0.25) is 4.79 Å². The number of amides is 1. The molecule has 2 atom stereocenters. The number of hydrogen-bond donors (Lipinski definition) is 0. The number of hydrogen-bond acceptors (Lipinski definition) is 6. The Morgan fingerprint density at radius 1 is 1.10 bits per heavy atom. The quantitative estimate of drug-likeness (QED) is 0.581. The summed E-state index contributed by atoms with van der Waals surface area (Å²) in [5, 5.41) is 0. The largest absolute Gasteiger partial charge is 0.488 e. The van der Waals surface area contributed by atoms with Crippen LogP contribution in [0, 0.1) is 0 Å². The molecule has 0 N–H and O–H groups in total. The Labute approximate surface area is 182 Å². The van der Waals surface area contributed by atoms with Crippen molar-refractivity contribution in [2.24, 2.45) is 0 Å². The number of esters is 1. The van der Waals surface area contributed by atoms with E-state index in [1.54, 1.807) is 31.2 Å². The van der Waals surface area contributed by atoms with Crippen LogP contribution in [0.3, 0.4) is 0 Å². The molecule has 1 amide bonds. The smallest absolute Gasteiger partial charge is 0.342 e. The molecule has 8 heteroatoms. The van der Waals surface area contributed by atoms with Gasteiger partial charge in [0.1, 0.15) is 17.9 Å². The first-order valence-corrected chi connectivity index (χ1v) is 12.1. The first-order chi connectivity index (χ1) is 14.8. The summed E-state index contributed by atoms with van der Waals surface area (Å²) in [5.74, 6) is -0.684. The zero-order chi connectivity index (χ0) is 22.4. The molecule has 0 radical (unpaired) electrons. The molecule has 166 valence electrons. The highest BCUT2D eigenvalue weighted by atomic mass is 32.2. The summed E-state index contributed by atoms with van der Waals surface area (Å²) in [7, 11) is -3.13. The second-order valence-electron chi connectivity index (χ2n) is 7.50. The third kappa shape index (κ3) is 5.85. The Kier molecular flexibility index (Phi) is 7.33. The Morgan fingerprint density at radius 3 is 2.42 bits per heavy atom. The van der Waals surface area contributed by atoms with E-state index in [4.69, 9.17) is 9.47 Å². The molecule has 0 bridgehead atoms. The predicted octanol–water partition coefficient (Wildman–Crippen LogP) is 2.85. The maximum atomic E-state index is 12.9. The summed E-state index contributed by atoms with van der Waals surface area (Å²) < 4.78 is 34.8. The van der Waals surface area contributed by atoms with Gasteiger partial charge in [-0.2, -0.15) is 0 Å².